The molecule has 1 atom stereocenters. The van der Waals surface area contributed by atoms with Gasteiger partial charge in [-0.15, -0.1) is 6.58 Å². The third-order valence-corrected chi connectivity index (χ3v) is 4.86. The van der Waals surface area contributed by atoms with E-state index in [1.54, 1.807) is 12.1 Å². The third-order valence-electron chi connectivity index (χ3n) is 2.91. The molecular formula is C14H19NO4S. The molecule has 6 heteroatoms. The Hall–Kier alpha value is -1.66. The summed E-state index contributed by atoms with van der Waals surface area (Å²) in [5.41, 5.74) is 0.959. The molecule has 0 aliphatic carbocycles. The average Bonchev–Trinajstić information content (AvgIpc) is 2.43. The molecule has 0 amide bonds. The number of sulfonamides is 1. The lowest BCUT2D eigenvalue weighted by molar-refractivity contribution is -0.144. The highest BCUT2D eigenvalue weighted by molar-refractivity contribution is 7.89. The molecule has 0 spiro atoms. The molecule has 1 rings (SSSR count). The zero-order valence-corrected chi connectivity index (χ0v) is 12.7. The van der Waals surface area contributed by atoms with E-state index in [0.29, 0.717) is 0 Å². The van der Waals surface area contributed by atoms with Gasteiger partial charge in [-0.25, -0.2) is 8.42 Å². The van der Waals surface area contributed by atoms with Crippen LogP contribution in [0.4, 0.5) is 0 Å². The van der Waals surface area contributed by atoms with E-state index in [4.69, 9.17) is 0 Å². The van der Waals surface area contributed by atoms with Crippen LogP contribution in [-0.2, 0) is 19.6 Å². The predicted molar refractivity (Wildman–Crippen MR) is 76.7 cm³/mol. The predicted octanol–water partition coefficient (Wildman–Crippen LogP) is 1.73. The molecular weight excluding hydrogens is 278 g/mol. The molecule has 0 aliphatic rings. The van der Waals surface area contributed by atoms with Crippen LogP contribution in [0.3, 0.4) is 0 Å². The van der Waals surface area contributed by atoms with Crippen LogP contribution in [-0.4, -0.2) is 38.4 Å². The van der Waals surface area contributed by atoms with Gasteiger partial charge >= 0.3 is 5.97 Å². The first kappa shape index (κ1) is 16.4. The second kappa shape index (κ2) is 6.67. The molecule has 0 bridgehead atoms. The molecule has 1 aromatic carbocycles. The van der Waals surface area contributed by atoms with Crippen molar-refractivity contribution in [2.75, 3.05) is 13.7 Å². The minimum absolute atomic E-state index is 0.0342. The number of carbonyl (C=O) groups is 1. The van der Waals surface area contributed by atoms with Gasteiger partial charge in [0.25, 0.3) is 0 Å². The van der Waals surface area contributed by atoms with E-state index in [2.05, 4.69) is 11.3 Å². The second-order valence-electron chi connectivity index (χ2n) is 4.38. The van der Waals surface area contributed by atoms with Crippen molar-refractivity contribution in [2.45, 2.75) is 24.8 Å². The molecule has 5 nitrogen and oxygen atoms in total. The number of hydrogen-bond donors (Lipinski definition) is 0. The van der Waals surface area contributed by atoms with Crippen LogP contribution < -0.4 is 0 Å². The van der Waals surface area contributed by atoms with Gasteiger partial charge in [0, 0.05) is 6.54 Å². The number of carbonyl (C=O) groups excluding carboxylic acids is 1. The normalized spacial score (nSPS) is 13.0. The summed E-state index contributed by atoms with van der Waals surface area (Å²) in [6.45, 7) is 6.92. The minimum atomic E-state index is -3.77. The largest absolute Gasteiger partial charge is 0.468 e. The fourth-order valence-corrected chi connectivity index (χ4v) is 3.28. The maximum Gasteiger partial charge on any atom is 0.323 e. The maximum absolute atomic E-state index is 12.6. The summed E-state index contributed by atoms with van der Waals surface area (Å²) in [4.78, 5) is 11.7. The molecule has 0 heterocycles. The van der Waals surface area contributed by atoms with E-state index in [9.17, 15) is 13.2 Å². The van der Waals surface area contributed by atoms with E-state index < -0.39 is 22.0 Å². The van der Waals surface area contributed by atoms with E-state index in [0.717, 1.165) is 9.87 Å². The molecule has 1 aromatic rings. The van der Waals surface area contributed by atoms with E-state index in [1.165, 1.54) is 32.2 Å². The quantitative estimate of drug-likeness (QED) is 0.592. The summed E-state index contributed by atoms with van der Waals surface area (Å²) < 4.78 is 30.8. The van der Waals surface area contributed by atoms with E-state index in [1.807, 2.05) is 6.92 Å². The topological polar surface area (TPSA) is 63.7 Å². The highest BCUT2D eigenvalue weighted by Crippen LogP contribution is 2.19. The zero-order chi connectivity index (χ0) is 15.3. The first-order valence-corrected chi connectivity index (χ1v) is 7.55. The molecule has 0 saturated heterocycles. The average molecular weight is 297 g/mol. The van der Waals surface area contributed by atoms with Crippen LogP contribution >= 0.6 is 0 Å². The van der Waals surface area contributed by atoms with E-state index in [-0.39, 0.29) is 11.4 Å². The Kier molecular flexibility index (Phi) is 5.47. The first-order chi connectivity index (χ1) is 9.34. The van der Waals surface area contributed by atoms with Crippen molar-refractivity contribution in [1.29, 1.82) is 0 Å². The number of methoxy groups -OCH3 is 1. The van der Waals surface area contributed by atoms with Crippen molar-refractivity contribution in [2.24, 2.45) is 0 Å². The Labute approximate surface area is 119 Å². The zero-order valence-electron chi connectivity index (χ0n) is 11.9. The van der Waals surface area contributed by atoms with Gasteiger partial charge in [-0.05, 0) is 26.0 Å². The molecule has 0 radical (unpaired) electrons. The number of aryl methyl sites for hydroxylation is 1. The molecule has 0 aliphatic heterocycles. The Morgan fingerprint density at radius 1 is 1.40 bits per heavy atom. The maximum atomic E-state index is 12.6. The molecule has 110 valence electrons. The highest BCUT2D eigenvalue weighted by atomic mass is 32.2. The smallest absolute Gasteiger partial charge is 0.323 e. The first-order valence-electron chi connectivity index (χ1n) is 6.11. The van der Waals surface area contributed by atoms with Gasteiger partial charge in [0.05, 0.1) is 12.0 Å². The fourth-order valence-electron chi connectivity index (χ4n) is 1.73. The molecule has 0 N–H and O–H groups in total. The summed E-state index contributed by atoms with van der Waals surface area (Å²) in [6.07, 6.45) is 1.44. The van der Waals surface area contributed by atoms with E-state index >= 15 is 0 Å². The molecule has 0 unspecified atom stereocenters. The lowest BCUT2D eigenvalue weighted by Gasteiger charge is -2.25. The molecule has 20 heavy (non-hydrogen) atoms. The monoisotopic (exact) mass is 297 g/mol. The van der Waals surface area contributed by atoms with Crippen molar-refractivity contribution in [1.82, 2.24) is 4.31 Å². The Morgan fingerprint density at radius 2 is 1.95 bits per heavy atom. The minimum Gasteiger partial charge on any atom is -0.468 e. The van der Waals surface area contributed by atoms with Crippen molar-refractivity contribution in [3.05, 3.63) is 42.5 Å². The van der Waals surface area contributed by atoms with Crippen LogP contribution in [0.25, 0.3) is 0 Å². The van der Waals surface area contributed by atoms with Gasteiger partial charge in [-0.1, -0.05) is 23.8 Å². The fraction of sp³-hybridized carbons (Fsp3) is 0.357. The molecule has 0 saturated carbocycles. The molecule has 0 fully saturated rings. The lowest BCUT2D eigenvalue weighted by Crippen LogP contribution is -2.43. The van der Waals surface area contributed by atoms with Gasteiger partial charge in [0.2, 0.25) is 10.0 Å². The van der Waals surface area contributed by atoms with Gasteiger partial charge in [-0.3, -0.25) is 4.79 Å². The SMILES string of the molecule is C=CCN([C@@H](C)C(=O)OC)S(=O)(=O)c1ccc(C)cc1. The number of esters is 1. The Morgan fingerprint density at radius 3 is 2.40 bits per heavy atom. The van der Waals surface area contributed by atoms with Crippen molar-refractivity contribution in [3.8, 4) is 0 Å². The standard InChI is InChI=1S/C14H19NO4S/c1-5-10-15(12(3)14(16)19-4)20(17,18)13-8-6-11(2)7-9-13/h5-9,12H,1,10H2,2-4H3/t12-/m0/s1. The third kappa shape index (κ3) is 3.46. The van der Waals surface area contributed by atoms with Gasteiger partial charge in [-0.2, -0.15) is 4.31 Å². The number of nitrogens with zero attached hydrogens (tertiary/aromatic N) is 1. The summed E-state index contributed by atoms with van der Waals surface area (Å²) in [6, 6.07) is 5.54. The van der Waals surface area contributed by atoms with Crippen LogP contribution in [0, 0.1) is 6.92 Å². The van der Waals surface area contributed by atoms with Crippen molar-refractivity contribution in [3.63, 3.8) is 0 Å². The van der Waals surface area contributed by atoms with Crippen LogP contribution in [0.15, 0.2) is 41.8 Å². The number of rotatable bonds is 6. The van der Waals surface area contributed by atoms with Gasteiger partial charge < -0.3 is 4.74 Å². The van der Waals surface area contributed by atoms with Crippen LogP contribution in [0.2, 0.25) is 0 Å². The number of hydrogen-bond acceptors (Lipinski definition) is 4. The molecule has 0 aromatic heterocycles. The summed E-state index contributed by atoms with van der Waals surface area (Å²) >= 11 is 0. The van der Waals surface area contributed by atoms with Crippen LogP contribution in [0.1, 0.15) is 12.5 Å². The summed E-state index contributed by atoms with van der Waals surface area (Å²) in [5.74, 6) is -0.609. The van der Waals surface area contributed by atoms with Crippen molar-refractivity contribution < 1.29 is 17.9 Å². The number of ether oxygens (including phenoxy) is 1. The van der Waals surface area contributed by atoms with Crippen molar-refractivity contribution >= 4 is 16.0 Å². The number of benzene rings is 1. The van der Waals surface area contributed by atoms with Crippen LogP contribution in [0.5, 0.6) is 0 Å². The van der Waals surface area contributed by atoms with Gasteiger partial charge in [0.1, 0.15) is 6.04 Å². The Balaban J connectivity index is 3.21. The Bertz CT molecular complexity index is 578. The highest BCUT2D eigenvalue weighted by Gasteiger charge is 2.32. The van der Waals surface area contributed by atoms with Gasteiger partial charge in [0.15, 0.2) is 0 Å². The summed E-state index contributed by atoms with van der Waals surface area (Å²) in [5, 5.41) is 0. The summed E-state index contributed by atoms with van der Waals surface area (Å²) in [7, 11) is -2.55. The second-order valence-corrected chi connectivity index (χ2v) is 6.27. The lowest BCUT2D eigenvalue weighted by atomic mass is 10.2.